The molecule has 32 heavy (non-hydrogen) atoms. The van der Waals surface area contributed by atoms with Gasteiger partial charge in [0.15, 0.2) is 18.1 Å². The number of rotatable bonds is 6. The van der Waals surface area contributed by atoms with Gasteiger partial charge in [-0.15, -0.1) is 0 Å². The lowest BCUT2D eigenvalue weighted by molar-refractivity contribution is -0.142. The van der Waals surface area contributed by atoms with Gasteiger partial charge in [0.1, 0.15) is 0 Å². The summed E-state index contributed by atoms with van der Waals surface area (Å²) < 4.78 is 15.3. The van der Waals surface area contributed by atoms with Crippen LogP contribution in [-0.2, 0) is 9.53 Å². The van der Waals surface area contributed by atoms with Gasteiger partial charge in [0.05, 0.1) is 30.9 Å². The van der Waals surface area contributed by atoms with Crippen LogP contribution in [-0.4, -0.2) is 73.7 Å². The molecule has 1 amide bonds. The smallest absolute Gasteiger partial charge is 0.343 e. The first-order valence-electron chi connectivity index (χ1n) is 10.1. The van der Waals surface area contributed by atoms with Gasteiger partial charge in [0, 0.05) is 31.7 Å². The van der Waals surface area contributed by atoms with E-state index in [4.69, 9.17) is 9.47 Å². The molecule has 10 heteroatoms. The second-order valence-electron chi connectivity index (χ2n) is 7.29. The van der Waals surface area contributed by atoms with Crippen molar-refractivity contribution in [1.82, 2.24) is 14.9 Å². The van der Waals surface area contributed by atoms with Crippen molar-refractivity contribution < 1.29 is 23.8 Å². The van der Waals surface area contributed by atoms with Gasteiger partial charge in [-0.3, -0.25) is 4.79 Å². The number of nitrogens with one attached hydrogen (secondary N) is 2. The Labute approximate surface area is 183 Å². The molecule has 1 aliphatic rings. The quantitative estimate of drug-likeness (QED) is 0.556. The number of aromatic amines is 2. The van der Waals surface area contributed by atoms with Crippen molar-refractivity contribution in [3.63, 3.8) is 0 Å². The van der Waals surface area contributed by atoms with E-state index in [9.17, 15) is 14.4 Å². The van der Waals surface area contributed by atoms with E-state index in [0.717, 1.165) is 16.7 Å². The summed E-state index contributed by atoms with van der Waals surface area (Å²) in [5.74, 6) is 0.0523. The van der Waals surface area contributed by atoms with Crippen molar-refractivity contribution in [3.8, 4) is 11.5 Å². The summed E-state index contributed by atoms with van der Waals surface area (Å²) in [6, 6.07) is 10.6. The number of aromatic nitrogens is 2. The molecule has 1 aliphatic heterocycles. The maximum atomic E-state index is 13.1. The summed E-state index contributed by atoms with van der Waals surface area (Å²) in [6.07, 6.45) is 0. The molecule has 10 nitrogen and oxygen atoms in total. The van der Waals surface area contributed by atoms with Crippen LogP contribution in [0.15, 0.2) is 41.2 Å². The minimum Gasteiger partial charge on any atom is -0.493 e. The zero-order valence-corrected chi connectivity index (χ0v) is 17.8. The number of nitrogens with zero attached hydrogens (tertiary/aromatic N) is 2. The van der Waals surface area contributed by atoms with Crippen LogP contribution in [0.1, 0.15) is 10.4 Å². The Morgan fingerprint density at radius 1 is 1.00 bits per heavy atom. The first kappa shape index (κ1) is 21.3. The number of hydrogen-bond acceptors (Lipinski definition) is 7. The second kappa shape index (κ2) is 9.04. The van der Waals surface area contributed by atoms with Crippen LogP contribution >= 0.6 is 0 Å². The number of hydrogen-bond donors (Lipinski definition) is 2. The Morgan fingerprint density at radius 3 is 2.50 bits per heavy atom. The molecule has 168 valence electrons. The summed E-state index contributed by atoms with van der Waals surface area (Å²) >= 11 is 0. The highest BCUT2D eigenvalue weighted by atomic mass is 16.6. The molecule has 3 aromatic rings. The molecule has 0 unspecified atom stereocenters. The monoisotopic (exact) mass is 440 g/mol. The number of esters is 1. The number of para-hydroxylation sites is 1. The van der Waals surface area contributed by atoms with Crippen LogP contribution in [0.4, 0.5) is 5.69 Å². The highest BCUT2D eigenvalue weighted by molar-refractivity contribution is 5.95. The predicted molar refractivity (Wildman–Crippen MR) is 118 cm³/mol. The van der Waals surface area contributed by atoms with E-state index in [0.29, 0.717) is 43.2 Å². The summed E-state index contributed by atoms with van der Waals surface area (Å²) in [5.41, 5.74) is 2.64. The lowest BCUT2D eigenvalue weighted by Gasteiger charge is -2.36. The number of anilines is 1. The first-order chi connectivity index (χ1) is 15.5. The van der Waals surface area contributed by atoms with Gasteiger partial charge in [0.25, 0.3) is 5.91 Å². The highest BCUT2D eigenvalue weighted by Gasteiger charge is 2.24. The number of piperazine rings is 1. The maximum Gasteiger partial charge on any atom is 0.343 e. The van der Waals surface area contributed by atoms with Gasteiger partial charge in [-0.1, -0.05) is 6.07 Å². The van der Waals surface area contributed by atoms with Crippen molar-refractivity contribution in [2.45, 2.75) is 0 Å². The zero-order valence-electron chi connectivity index (χ0n) is 17.8. The Hall–Kier alpha value is -3.95. The molecule has 0 bridgehead atoms. The number of H-pyrrole nitrogens is 2. The molecule has 2 aromatic carbocycles. The fraction of sp³-hybridized carbons (Fsp3) is 0.318. The van der Waals surface area contributed by atoms with E-state index >= 15 is 0 Å². The van der Waals surface area contributed by atoms with Crippen LogP contribution < -0.4 is 20.1 Å². The fourth-order valence-electron chi connectivity index (χ4n) is 3.76. The zero-order chi connectivity index (χ0) is 22.7. The van der Waals surface area contributed by atoms with Gasteiger partial charge < -0.3 is 34.0 Å². The Balaban J connectivity index is 1.46. The molecule has 0 aliphatic carbocycles. The Morgan fingerprint density at radius 2 is 1.78 bits per heavy atom. The number of carbonyl (C=O) groups is 2. The van der Waals surface area contributed by atoms with E-state index < -0.39 is 5.97 Å². The Bertz CT molecular complexity index is 1190. The average Bonchev–Trinajstić information content (AvgIpc) is 3.22. The molecule has 1 aromatic heterocycles. The van der Waals surface area contributed by atoms with Gasteiger partial charge >= 0.3 is 11.7 Å². The standard InChI is InChI=1S/C22H24N4O6/c1-30-17-7-6-14(12-18(17)32-13-19(27)31-2)21(28)26-10-8-25(9-11-26)16-5-3-4-15-20(16)24-22(29)23-15/h3-7,12H,8-11,13H2,1-2H3,(H2,23,24,29). The number of benzene rings is 2. The van der Waals surface area contributed by atoms with Crippen LogP contribution in [0.3, 0.4) is 0 Å². The molecule has 4 rings (SSSR count). The molecule has 2 heterocycles. The molecular formula is C22H24N4O6. The maximum absolute atomic E-state index is 13.1. The van der Waals surface area contributed by atoms with E-state index in [-0.39, 0.29) is 18.2 Å². The van der Waals surface area contributed by atoms with Crippen molar-refractivity contribution in [2.75, 3.05) is 51.9 Å². The van der Waals surface area contributed by atoms with Gasteiger partial charge in [0.2, 0.25) is 0 Å². The van der Waals surface area contributed by atoms with E-state index in [2.05, 4.69) is 19.6 Å². The van der Waals surface area contributed by atoms with Crippen LogP contribution in [0, 0.1) is 0 Å². The number of amides is 1. The second-order valence-corrected chi connectivity index (χ2v) is 7.29. The number of methoxy groups -OCH3 is 2. The van der Waals surface area contributed by atoms with Crippen molar-refractivity contribution in [2.24, 2.45) is 0 Å². The first-order valence-corrected chi connectivity index (χ1v) is 10.1. The molecule has 0 radical (unpaired) electrons. The summed E-state index contributed by atoms with van der Waals surface area (Å²) in [7, 11) is 2.76. The van der Waals surface area contributed by atoms with Crippen molar-refractivity contribution in [1.29, 1.82) is 0 Å². The minimum atomic E-state index is -0.529. The number of ether oxygens (including phenoxy) is 3. The van der Waals surface area contributed by atoms with Crippen LogP contribution in [0.5, 0.6) is 11.5 Å². The topological polar surface area (TPSA) is 117 Å². The van der Waals surface area contributed by atoms with E-state index in [1.54, 1.807) is 23.1 Å². The normalized spacial score (nSPS) is 13.8. The SMILES string of the molecule is COC(=O)COc1cc(C(=O)N2CCN(c3cccc4[nH]c(=O)[nH]c34)CC2)ccc1OC. The predicted octanol–water partition coefficient (Wildman–Crippen LogP) is 1.38. The van der Waals surface area contributed by atoms with Gasteiger partial charge in [-0.2, -0.15) is 0 Å². The lowest BCUT2D eigenvalue weighted by atomic mass is 10.1. The van der Waals surface area contributed by atoms with Gasteiger partial charge in [-0.05, 0) is 30.3 Å². The molecule has 1 fully saturated rings. The number of carbonyl (C=O) groups excluding carboxylic acids is 2. The van der Waals surface area contributed by atoms with Crippen molar-refractivity contribution in [3.05, 3.63) is 52.4 Å². The molecule has 1 saturated heterocycles. The third-order valence-corrected chi connectivity index (χ3v) is 5.42. The summed E-state index contributed by atoms with van der Waals surface area (Å²) in [5, 5.41) is 0. The summed E-state index contributed by atoms with van der Waals surface area (Å²) in [4.78, 5) is 45.6. The van der Waals surface area contributed by atoms with Gasteiger partial charge in [-0.25, -0.2) is 9.59 Å². The molecule has 0 saturated carbocycles. The highest BCUT2D eigenvalue weighted by Crippen LogP contribution is 2.29. The number of fused-ring (bicyclic) bond motifs is 1. The minimum absolute atomic E-state index is 0.136. The largest absolute Gasteiger partial charge is 0.493 e. The third kappa shape index (κ3) is 4.25. The Kier molecular flexibility index (Phi) is 6.02. The average molecular weight is 440 g/mol. The fourth-order valence-corrected chi connectivity index (χ4v) is 3.76. The van der Waals surface area contributed by atoms with Crippen LogP contribution in [0.2, 0.25) is 0 Å². The van der Waals surface area contributed by atoms with Crippen LogP contribution in [0.25, 0.3) is 11.0 Å². The molecular weight excluding hydrogens is 416 g/mol. The lowest BCUT2D eigenvalue weighted by Crippen LogP contribution is -2.48. The molecule has 0 atom stereocenters. The van der Waals surface area contributed by atoms with E-state index in [1.165, 1.54) is 14.2 Å². The van der Waals surface area contributed by atoms with E-state index in [1.807, 2.05) is 18.2 Å². The molecule has 2 N–H and O–H groups in total. The summed E-state index contributed by atoms with van der Waals surface area (Å²) in [6.45, 7) is 2.01. The number of imidazole rings is 1. The third-order valence-electron chi connectivity index (χ3n) is 5.42. The molecule has 0 spiro atoms. The van der Waals surface area contributed by atoms with Crippen molar-refractivity contribution >= 4 is 28.6 Å².